The summed E-state index contributed by atoms with van der Waals surface area (Å²) < 4.78 is 12.3. The van der Waals surface area contributed by atoms with Crippen LogP contribution in [0.2, 0.25) is 0 Å². The number of carboxylic acid groups (broad SMARTS) is 1. The number of hydrogen-bond donors (Lipinski definition) is 3. The number of nitrogens with zero attached hydrogens (tertiary/aromatic N) is 1. The largest absolute Gasteiger partial charge is 0.480 e. The summed E-state index contributed by atoms with van der Waals surface area (Å²) in [4.78, 5) is 51.1. The first-order chi connectivity index (χ1) is 18.6. The summed E-state index contributed by atoms with van der Waals surface area (Å²) in [5, 5.41) is 15.6. The summed E-state index contributed by atoms with van der Waals surface area (Å²) in [7, 11) is 0. The van der Waals surface area contributed by atoms with E-state index in [0.717, 1.165) is 5.56 Å². The lowest BCUT2D eigenvalue weighted by molar-refractivity contribution is -0.142. The molecule has 0 aliphatic rings. The van der Waals surface area contributed by atoms with E-state index in [1.54, 1.807) is 96.3 Å². The predicted octanol–water partition coefficient (Wildman–Crippen LogP) is 4.67. The molecule has 1 heterocycles. The lowest BCUT2D eigenvalue weighted by Crippen LogP contribution is -2.53. The van der Waals surface area contributed by atoms with Crippen molar-refractivity contribution in [3.05, 3.63) is 71.9 Å². The first kappa shape index (κ1) is 30.2. The molecule has 0 spiro atoms. The topological polar surface area (TPSA) is 136 Å². The third-order valence-electron chi connectivity index (χ3n) is 5.71. The van der Waals surface area contributed by atoms with Crippen LogP contribution in [0, 0.1) is 0 Å². The van der Waals surface area contributed by atoms with Crippen LogP contribution in [0.25, 0.3) is 10.9 Å². The number of carbonyl (C=O) groups is 4. The van der Waals surface area contributed by atoms with Crippen molar-refractivity contribution in [3.8, 4) is 0 Å². The Labute approximate surface area is 233 Å². The molecule has 214 valence electrons. The van der Waals surface area contributed by atoms with Gasteiger partial charge in [0.25, 0.3) is 0 Å². The van der Waals surface area contributed by atoms with Crippen molar-refractivity contribution in [3.63, 3.8) is 0 Å². The molecule has 0 fully saturated rings. The van der Waals surface area contributed by atoms with Crippen LogP contribution in [0.15, 0.2) is 60.8 Å². The second kappa shape index (κ2) is 12.2. The van der Waals surface area contributed by atoms with Gasteiger partial charge in [0, 0.05) is 24.4 Å². The lowest BCUT2D eigenvalue weighted by Gasteiger charge is -2.24. The molecule has 1 aromatic heterocycles. The fourth-order valence-corrected chi connectivity index (χ4v) is 4.08. The molecule has 0 aliphatic carbocycles. The number of aromatic nitrogens is 1. The molecule has 2 amide bonds. The Morgan fingerprint density at radius 3 is 2.00 bits per heavy atom. The van der Waals surface area contributed by atoms with Crippen LogP contribution in [0.4, 0.5) is 9.59 Å². The number of alkyl carbamates (subject to hydrolysis) is 1. The zero-order chi connectivity index (χ0) is 29.7. The molecule has 40 heavy (non-hydrogen) atoms. The highest BCUT2D eigenvalue weighted by Crippen LogP contribution is 2.24. The normalized spacial score (nSPS) is 13.2. The molecule has 0 bridgehead atoms. The number of carbonyl (C=O) groups excluding carboxylic acids is 3. The third-order valence-corrected chi connectivity index (χ3v) is 5.71. The Balaban J connectivity index is 1.93. The number of benzene rings is 2. The minimum atomic E-state index is -1.24. The number of rotatable bonds is 8. The quantitative estimate of drug-likeness (QED) is 0.370. The Morgan fingerprint density at radius 1 is 0.800 bits per heavy atom. The number of amides is 2. The number of fused-ring (bicyclic) bond motifs is 1. The second-order valence-electron chi connectivity index (χ2n) is 11.5. The van der Waals surface area contributed by atoms with Gasteiger partial charge in [-0.3, -0.25) is 9.36 Å². The maximum atomic E-state index is 13.5. The average molecular weight is 552 g/mol. The molecular weight excluding hydrogens is 514 g/mol. The first-order valence-corrected chi connectivity index (χ1v) is 13.0. The van der Waals surface area contributed by atoms with E-state index in [-0.39, 0.29) is 12.8 Å². The summed E-state index contributed by atoms with van der Waals surface area (Å²) in [6, 6.07) is 13.6. The van der Waals surface area contributed by atoms with Gasteiger partial charge < -0.3 is 25.2 Å². The van der Waals surface area contributed by atoms with Gasteiger partial charge in [0.2, 0.25) is 5.91 Å². The highest BCUT2D eigenvalue weighted by Gasteiger charge is 2.30. The van der Waals surface area contributed by atoms with Gasteiger partial charge in [0.1, 0.15) is 23.3 Å². The predicted molar refractivity (Wildman–Crippen MR) is 150 cm³/mol. The molecule has 3 rings (SSSR count). The summed E-state index contributed by atoms with van der Waals surface area (Å²) >= 11 is 0. The summed E-state index contributed by atoms with van der Waals surface area (Å²) in [5.74, 6) is -1.92. The molecule has 0 aliphatic heterocycles. The number of aliphatic carboxylic acids is 1. The van der Waals surface area contributed by atoms with Crippen molar-refractivity contribution in [2.24, 2.45) is 0 Å². The van der Waals surface area contributed by atoms with Crippen molar-refractivity contribution in [1.29, 1.82) is 0 Å². The van der Waals surface area contributed by atoms with Gasteiger partial charge >= 0.3 is 18.2 Å². The van der Waals surface area contributed by atoms with E-state index in [1.807, 2.05) is 6.07 Å². The number of ether oxygens (including phenoxy) is 2. The van der Waals surface area contributed by atoms with Gasteiger partial charge in [-0.2, -0.15) is 0 Å². The molecule has 2 atom stereocenters. The standard InChI is InChI=1S/C30H37N3O7/c1-29(2,3)39-27(37)32-22(25(34)31-23(26(35)36)16-19-12-8-7-9-13-19)17-20-18-33(28(38)40-30(4,5)6)24-15-11-10-14-21(20)24/h7-15,18,22-23H,16-17H2,1-6H3,(H,31,34)(H,32,37)(H,35,36)/t22-,23-/m0/s1. The van der Waals surface area contributed by atoms with Crippen LogP contribution < -0.4 is 10.6 Å². The minimum absolute atomic E-state index is 0.0426. The van der Waals surface area contributed by atoms with E-state index in [1.165, 1.54) is 4.57 Å². The molecule has 2 aromatic carbocycles. The van der Waals surface area contributed by atoms with Gasteiger partial charge in [0.15, 0.2) is 0 Å². The van der Waals surface area contributed by atoms with Gasteiger partial charge in [-0.25, -0.2) is 14.4 Å². The van der Waals surface area contributed by atoms with Crippen LogP contribution >= 0.6 is 0 Å². The number of nitrogens with one attached hydrogen (secondary N) is 2. The Kier molecular flexibility index (Phi) is 9.24. The van der Waals surface area contributed by atoms with Crippen LogP contribution in [0.1, 0.15) is 52.7 Å². The van der Waals surface area contributed by atoms with E-state index in [9.17, 15) is 24.3 Å². The van der Waals surface area contributed by atoms with E-state index in [0.29, 0.717) is 16.5 Å². The van der Waals surface area contributed by atoms with E-state index < -0.39 is 47.3 Å². The highest BCUT2D eigenvalue weighted by atomic mass is 16.6. The molecule has 0 radical (unpaired) electrons. The van der Waals surface area contributed by atoms with Crippen LogP contribution in [-0.4, -0.2) is 57.0 Å². The second-order valence-corrected chi connectivity index (χ2v) is 11.5. The zero-order valence-electron chi connectivity index (χ0n) is 23.7. The molecule has 0 saturated heterocycles. The van der Waals surface area contributed by atoms with Crippen LogP contribution in [0.5, 0.6) is 0 Å². The lowest BCUT2D eigenvalue weighted by atomic mass is 10.0. The van der Waals surface area contributed by atoms with E-state index >= 15 is 0 Å². The molecule has 10 heteroatoms. The monoisotopic (exact) mass is 551 g/mol. The van der Waals surface area contributed by atoms with Crippen LogP contribution in [-0.2, 0) is 31.9 Å². The van der Waals surface area contributed by atoms with Gasteiger partial charge in [-0.15, -0.1) is 0 Å². The van der Waals surface area contributed by atoms with Gasteiger partial charge in [-0.1, -0.05) is 48.5 Å². The van der Waals surface area contributed by atoms with E-state index in [4.69, 9.17) is 9.47 Å². The number of para-hydroxylation sites is 1. The van der Waals surface area contributed by atoms with Crippen molar-refractivity contribution in [2.45, 2.75) is 77.7 Å². The fourth-order valence-electron chi connectivity index (χ4n) is 4.08. The smallest absolute Gasteiger partial charge is 0.419 e. The highest BCUT2D eigenvalue weighted by molar-refractivity contribution is 5.94. The maximum absolute atomic E-state index is 13.5. The minimum Gasteiger partial charge on any atom is -0.480 e. The SMILES string of the molecule is CC(C)(C)OC(=O)N[C@@H](Cc1cn(C(=O)OC(C)(C)C)c2ccccc12)C(=O)N[C@@H](Cc1ccccc1)C(=O)O. The van der Waals surface area contributed by atoms with Crippen LogP contribution in [0.3, 0.4) is 0 Å². The fraction of sp³-hybridized carbons (Fsp3) is 0.400. The van der Waals surface area contributed by atoms with Crippen molar-refractivity contribution in [1.82, 2.24) is 15.2 Å². The Hall–Kier alpha value is -4.34. The Morgan fingerprint density at radius 2 is 1.40 bits per heavy atom. The summed E-state index contributed by atoms with van der Waals surface area (Å²) in [6.07, 6.45) is 0.148. The molecule has 3 aromatic rings. The summed E-state index contributed by atoms with van der Waals surface area (Å²) in [6.45, 7) is 10.4. The summed E-state index contributed by atoms with van der Waals surface area (Å²) in [5.41, 5.74) is 0.318. The maximum Gasteiger partial charge on any atom is 0.419 e. The average Bonchev–Trinajstić information content (AvgIpc) is 3.20. The van der Waals surface area contributed by atoms with Crippen molar-refractivity contribution < 1.29 is 33.8 Å². The molecule has 0 unspecified atom stereocenters. The number of hydrogen-bond acceptors (Lipinski definition) is 6. The number of carboxylic acids is 1. The molecular formula is C30H37N3O7. The van der Waals surface area contributed by atoms with E-state index in [2.05, 4.69) is 10.6 Å². The molecule has 10 nitrogen and oxygen atoms in total. The molecule has 3 N–H and O–H groups in total. The van der Waals surface area contributed by atoms with Crippen molar-refractivity contribution in [2.75, 3.05) is 0 Å². The Bertz CT molecular complexity index is 1370. The van der Waals surface area contributed by atoms with Gasteiger partial charge in [-0.05, 0) is 58.7 Å². The third kappa shape index (κ3) is 8.59. The van der Waals surface area contributed by atoms with Gasteiger partial charge in [0.05, 0.1) is 5.52 Å². The van der Waals surface area contributed by atoms with Crippen molar-refractivity contribution >= 4 is 35.0 Å². The first-order valence-electron chi connectivity index (χ1n) is 13.0. The molecule has 0 saturated carbocycles. The zero-order valence-corrected chi connectivity index (χ0v) is 23.7.